The maximum absolute atomic E-state index is 13.8. The monoisotopic (exact) mass is 1030 g/mol. The molecule has 0 radical (unpaired) electrons. The van der Waals surface area contributed by atoms with Gasteiger partial charge < -0.3 is 34.9 Å². The second kappa shape index (κ2) is 34.7. The molecule has 3 aliphatic heterocycles. The van der Waals surface area contributed by atoms with E-state index in [4.69, 9.17) is 14.2 Å². The lowest BCUT2D eigenvalue weighted by atomic mass is 10.1. The number of carboxylic acids is 1. The van der Waals surface area contributed by atoms with E-state index in [0.29, 0.717) is 117 Å². The highest BCUT2D eigenvalue weighted by Crippen LogP contribution is 2.31. The first-order valence-corrected chi connectivity index (χ1v) is 26.6. The van der Waals surface area contributed by atoms with Gasteiger partial charge in [0, 0.05) is 136 Å². The molecule has 72 heavy (non-hydrogen) atoms. The number of nitrogens with zero attached hydrogens (tertiary/aromatic N) is 7. The molecule has 0 saturated carbocycles. The van der Waals surface area contributed by atoms with E-state index in [2.05, 4.69) is 39.8 Å². The summed E-state index contributed by atoms with van der Waals surface area (Å²) in [5, 5.41) is 14.9. The number of hydrogen-bond acceptors (Lipinski definition) is 17. The van der Waals surface area contributed by atoms with Crippen molar-refractivity contribution < 1.29 is 57.7 Å². The molecular weight excluding hydrogens is 951 g/mol. The minimum atomic E-state index is -0.996. The number of benzene rings is 1. The third-order valence-corrected chi connectivity index (χ3v) is 14.7. The van der Waals surface area contributed by atoms with Crippen molar-refractivity contribution in [3.05, 3.63) is 35.4 Å². The lowest BCUT2D eigenvalue weighted by molar-refractivity contribution is -0.140. The molecule has 0 bridgehead atoms. The zero-order chi connectivity index (χ0) is 51.9. The number of likely N-dealkylation sites (tertiary alicyclic amines) is 1. The van der Waals surface area contributed by atoms with Gasteiger partial charge in [0.05, 0.1) is 18.3 Å². The minimum absolute atomic E-state index is 0.00612. The number of unbranched alkanes of at least 4 members (excludes halogenated alkanes) is 2. The maximum Gasteiger partial charge on any atom is 0.317 e. The Morgan fingerprint density at radius 2 is 1.32 bits per heavy atom. The Balaban J connectivity index is 1.32. The summed E-state index contributed by atoms with van der Waals surface area (Å²) in [5.41, 5.74) is 2.39. The number of nitrogens with one attached hydrogen (secondary N) is 2. The van der Waals surface area contributed by atoms with E-state index in [9.17, 15) is 43.5 Å². The molecule has 3 heterocycles. The lowest BCUT2D eigenvalue weighted by Crippen LogP contribution is -2.49. The summed E-state index contributed by atoms with van der Waals surface area (Å²) in [6.07, 6.45) is 6.67. The molecule has 3 fully saturated rings. The van der Waals surface area contributed by atoms with Gasteiger partial charge in [-0.3, -0.25) is 67.8 Å². The summed E-state index contributed by atoms with van der Waals surface area (Å²) >= 11 is 1.38. The zero-order valence-electron chi connectivity index (χ0n) is 42.7. The second-order valence-electron chi connectivity index (χ2n) is 18.8. The zero-order valence-corrected chi connectivity index (χ0v) is 43.5. The van der Waals surface area contributed by atoms with Crippen molar-refractivity contribution in [2.24, 2.45) is 0 Å². The number of imide groups is 1. The molecule has 4 rings (SSSR count). The van der Waals surface area contributed by atoms with Crippen molar-refractivity contribution >= 4 is 60.2 Å². The fourth-order valence-electron chi connectivity index (χ4n) is 8.92. The SMILES string of the molecule is COCCCCN1CCN(C(=O)CCCN2C(=O)CC(SC(CCCCNC(=O)CCCc3ccc(C)cc3)CNC(=O)CN3CCN(COC=O)CCN(COC=O)CCN(CC(=O)O)CC3)C2=O)CC1. The average Bonchev–Trinajstić information content (AvgIpc) is 3.63. The molecule has 0 spiro atoms. The van der Waals surface area contributed by atoms with Gasteiger partial charge in [-0.25, -0.2) is 0 Å². The third kappa shape index (κ3) is 23.9. The number of rotatable bonds is 32. The number of hydrogen-bond donors (Lipinski definition) is 3. The Morgan fingerprint density at radius 3 is 1.93 bits per heavy atom. The van der Waals surface area contributed by atoms with Crippen molar-refractivity contribution in [1.29, 1.82) is 0 Å². The summed E-state index contributed by atoms with van der Waals surface area (Å²) in [5.74, 6) is -1.82. The minimum Gasteiger partial charge on any atom is -0.480 e. The molecule has 1 aromatic carbocycles. The summed E-state index contributed by atoms with van der Waals surface area (Å²) in [7, 11) is 1.70. The van der Waals surface area contributed by atoms with E-state index >= 15 is 0 Å². The number of thioether (sulfide) groups is 1. The van der Waals surface area contributed by atoms with Gasteiger partial charge in [0.25, 0.3) is 12.9 Å². The van der Waals surface area contributed by atoms with Crippen LogP contribution in [-0.2, 0) is 59.0 Å². The Morgan fingerprint density at radius 1 is 0.708 bits per heavy atom. The molecule has 5 amide bonds. The molecule has 21 nitrogen and oxygen atoms in total. The van der Waals surface area contributed by atoms with Gasteiger partial charge >= 0.3 is 5.97 Å². The topological polar surface area (TPSA) is 231 Å². The van der Waals surface area contributed by atoms with Crippen molar-refractivity contribution in [2.45, 2.75) is 88.1 Å². The van der Waals surface area contributed by atoms with E-state index in [1.54, 1.807) is 12.0 Å². The summed E-state index contributed by atoms with van der Waals surface area (Å²) in [6, 6.07) is 8.30. The Hall–Kier alpha value is -4.71. The Bertz CT molecular complexity index is 1830. The van der Waals surface area contributed by atoms with Gasteiger partial charge in [-0.1, -0.05) is 36.2 Å². The quantitative estimate of drug-likeness (QED) is 0.0517. The van der Waals surface area contributed by atoms with Crippen LogP contribution in [0.15, 0.2) is 24.3 Å². The highest BCUT2D eigenvalue weighted by Gasteiger charge is 2.40. The molecule has 2 atom stereocenters. The molecule has 22 heteroatoms. The predicted molar refractivity (Wildman–Crippen MR) is 272 cm³/mol. The van der Waals surface area contributed by atoms with E-state index < -0.39 is 11.2 Å². The number of aliphatic carboxylic acids is 1. The summed E-state index contributed by atoms with van der Waals surface area (Å²) in [6.45, 7) is 11.3. The van der Waals surface area contributed by atoms with Crippen LogP contribution < -0.4 is 10.6 Å². The normalized spacial score (nSPS) is 18.8. The molecule has 0 aromatic heterocycles. The molecule has 404 valence electrons. The van der Waals surface area contributed by atoms with Crippen LogP contribution in [0.4, 0.5) is 0 Å². The van der Waals surface area contributed by atoms with Crippen molar-refractivity contribution in [1.82, 2.24) is 44.9 Å². The highest BCUT2D eigenvalue weighted by atomic mass is 32.2. The summed E-state index contributed by atoms with van der Waals surface area (Å²) < 4.78 is 15.2. The predicted octanol–water partition coefficient (Wildman–Crippen LogP) is 0.868. The van der Waals surface area contributed by atoms with Gasteiger partial charge in [-0.15, -0.1) is 11.8 Å². The van der Waals surface area contributed by atoms with Crippen LogP contribution in [0.2, 0.25) is 0 Å². The molecular formula is C50H81N9O12S. The van der Waals surface area contributed by atoms with Crippen LogP contribution in [-0.4, -0.2) is 243 Å². The first kappa shape index (κ1) is 59.8. The fourth-order valence-corrected chi connectivity index (χ4v) is 10.3. The smallest absolute Gasteiger partial charge is 0.317 e. The maximum atomic E-state index is 13.8. The number of carbonyl (C=O) groups excluding carboxylic acids is 7. The second-order valence-corrected chi connectivity index (χ2v) is 20.3. The Labute approximate surface area is 429 Å². The third-order valence-electron chi connectivity index (χ3n) is 13.2. The van der Waals surface area contributed by atoms with Gasteiger partial charge in [0.15, 0.2) is 0 Å². The van der Waals surface area contributed by atoms with E-state index in [0.717, 1.165) is 51.9 Å². The van der Waals surface area contributed by atoms with Gasteiger partial charge in [0.1, 0.15) is 13.5 Å². The molecule has 3 N–H and O–H groups in total. The van der Waals surface area contributed by atoms with Gasteiger partial charge in [-0.2, -0.15) is 0 Å². The number of carboxylic acid groups (broad SMARTS) is 1. The van der Waals surface area contributed by atoms with Crippen LogP contribution in [0, 0.1) is 6.92 Å². The number of amides is 5. The van der Waals surface area contributed by atoms with Crippen LogP contribution in [0.25, 0.3) is 0 Å². The number of aryl methyl sites for hydroxylation is 2. The lowest BCUT2D eigenvalue weighted by Gasteiger charge is -2.35. The average molecular weight is 1030 g/mol. The largest absolute Gasteiger partial charge is 0.480 e. The standard InChI is InChI=1S/C50H81N9O12S/c1-41-13-15-42(16-14-41)9-7-11-45(62)51-17-4-3-10-43(72-44-33-48(65)59(50(44)68)19-8-12-47(64)58-30-28-53(29-31-58)18-5-6-32-69-2)34-52-46(63)35-54-20-21-55(36-49(66)67)23-25-57(38-71-40-61)27-26-56(24-22-54)37-70-39-60/h13-16,39-40,43-44H,3-12,17-38H2,1-2H3,(H,51,62)(H,52,63)(H,66,67). The van der Waals surface area contributed by atoms with Crippen LogP contribution in [0.1, 0.15) is 75.3 Å². The van der Waals surface area contributed by atoms with Gasteiger partial charge in [-0.05, 0) is 64.0 Å². The highest BCUT2D eigenvalue weighted by molar-refractivity contribution is 8.01. The fraction of sp³-hybridized carbons (Fsp3) is 0.720. The van der Waals surface area contributed by atoms with Crippen LogP contribution in [0.5, 0.6) is 0 Å². The van der Waals surface area contributed by atoms with E-state index in [1.807, 2.05) is 26.5 Å². The number of piperazine rings is 1. The first-order valence-electron chi connectivity index (χ1n) is 25.7. The van der Waals surface area contributed by atoms with Crippen molar-refractivity contribution in [3.8, 4) is 0 Å². The van der Waals surface area contributed by atoms with Crippen molar-refractivity contribution in [2.75, 3.05) is 145 Å². The number of ether oxygens (including phenoxy) is 3. The molecule has 3 saturated heterocycles. The number of methoxy groups -OCH3 is 1. The molecule has 3 aliphatic rings. The van der Waals surface area contributed by atoms with Crippen LogP contribution in [0.3, 0.4) is 0 Å². The molecule has 2 unspecified atom stereocenters. The molecule has 1 aromatic rings. The van der Waals surface area contributed by atoms with E-state index in [1.165, 1.54) is 27.8 Å². The molecule has 0 aliphatic carbocycles. The Kier molecular flexibility index (Phi) is 28.8. The van der Waals surface area contributed by atoms with Crippen LogP contribution >= 0.6 is 11.8 Å². The first-order chi connectivity index (χ1) is 34.9. The van der Waals surface area contributed by atoms with E-state index in [-0.39, 0.29) is 87.3 Å². The van der Waals surface area contributed by atoms with Crippen molar-refractivity contribution in [3.63, 3.8) is 0 Å². The summed E-state index contributed by atoms with van der Waals surface area (Å²) in [4.78, 5) is 113. The van der Waals surface area contributed by atoms with Gasteiger partial charge in [0.2, 0.25) is 29.5 Å². The number of carbonyl (C=O) groups is 8.